The molecule has 0 amide bonds. The predicted octanol–water partition coefficient (Wildman–Crippen LogP) is -2.15. The molecule has 1 saturated heterocycles. The smallest absolute Gasteiger partial charge is 0.149 e. The minimum Gasteiger partial charge on any atom is -0.324 e. The van der Waals surface area contributed by atoms with Gasteiger partial charge in [0.15, 0.2) is 0 Å². The van der Waals surface area contributed by atoms with E-state index in [0.717, 1.165) is 19.4 Å². The van der Waals surface area contributed by atoms with E-state index in [1.54, 1.807) is 0 Å². The predicted molar refractivity (Wildman–Crippen MR) is 39.2 cm³/mol. The van der Waals surface area contributed by atoms with Gasteiger partial charge in [-0.1, -0.05) is 0 Å². The number of hydrogen-bond acceptors (Lipinski definition) is 5. The molecule has 1 aliphatic heterocycles. The molecule has 0 aromatic heterocycles. The first kappa shape index (κ1) is 7.90. The molecule has 1 unspecified atom stereocenters. The molecule has 1 heterocycles. The molecule has 0 radical (unpaired) electrons. The first-order valence-corrected chi connectivity index (χ1v) is 3.41. The molecule has 8 N–H and O–H groups in total. The topological polar surface area (TPSA) is 107 Å². The summed E-state index contributed by atoms with van der Waals surface area (Å²) in [5.41, 5.74) is 16.9. The summed E-state index contributed by atoms with van der Waals surface area (Å²) in [7, 11) is 0. The van der Waals surface area contributed by atoms with Crippen LogP contribution in [0.1, 0.15) is 12.8 Å². The Morgan fingerprint density at radius 3 is 2.40 bits per heavy atom. The molecule has 0 saturated carbocycles. The third kappa shape index (κ3) is 1.14. The van der Waals surface area contributed by atoms with Gasteiger partial charge in [-0.2, -0.15) is 0 Å². The van der Waals surface area contributed by atoms with Crippen LogP contribution in [0.3, 0.4) is 0 Å². The average Bonchev–Trinajstić information content (AvgIpc) is 1.84. The monoisotopic (exact) mass is 145 g/mol. The molecule has 10 heavy (non-hydrogen) atoms. The maximum Gasteiger partial charge on any atom is 0.149 e. The summed E-state index contributed by atoms with van der Waals surface area (Å²) < 4.78 is 0. The lowest BCUT2D eigenvalue weighted by Gasteiger charge is -2.42. The van der Waals surface area contributed by atoms with E-state index in [-0.39, 0.29) is 6.04 Å². The van der Waals surface area contributed by atoms with Gasteiger partial charge in [0, 0.05) is 6.54 Å². The summed E-state index contributed by atoms with van der Waals surface area (Å²) in [6.45, 7) is 0.723. The Hall–Kier alpha value is -0.200. The minimum atomic E-state index is -1.02. The molecule has 1 rings (SSSR count). The number of nitrogens with zero attached hydrogens (tertiary/aromatic N) is 1. The van der Waals surface area contributed by atoms with Crippen LogP contribution in [0, 0.1) is 0 Å². The zero-order chi connectivity index (χ0) is 7.78. The van der Waals surface area contributed by atoms with E-state index in [9.17, 15) is 0 Å². The highest BCUT2D eigenvalue weighted by atomic mass is 15.5. The van der Waals surface area contributed by atoms with Gasteiger partial charge >= 0.3 is 0 Å². The van der Waals surface area contributed by atoms with Gasteiger partial charge < -0.3 is 5.73 Å². The van der Waals surface area contributed by atoms with Crippen molar-refractivity contribution in [2.45, 2.75) is 24.7 Å². The van der Waals surface area contributed by atoms with Crippen molar-refractivity contribution < 1.29 is 0 Å². The van der Waals surface area contributed by atoms with E-state index in [1.807, 2.05) is 0 Å². The highest BCUT2D eigenvalue weighted by Crippen LogP contribution is 2.13. The van der Waals surface area contributed by atoms with Crippen molar-refractivity contribution in [1.82, 2.24) is 5.01 Å². The average molecular weight is 145 g/mol. The van der Waals surface area contributed by atoms with Gasteiger partial charge in [-0.05, 0) is 12.8 Å². The summed E-state index contributed by atoms with van der Waals surface area (Å²) in [6, 6.07) is -0.216. The first-order valence-electron chi connectivity index (χ1n) is 3.41. The van der Waals surface area contributed by atoms with Crippen LogP contribution < -0.4 is 23.0 Å². The largest absolute Gasteiger partial charge is 0.324 e. The van der Waals surface area contributed by atoms with E-state index < -0.39 is 5.79 Å². The number of hydrazine groups is 1. The lowest BCUT2D eigenvalue weighted by atomic mass is 10.0. The first-order chi connectivity index (χ1) is 4.55. The SMILES string of the molecule is NC1CCCN(N)C1(N)N. The normalized spacial score (nSPS) is 34.2. The molecule has 0 aromatic carbocycles. The fourth-order valence-electron chi connectivity index (χ4n) is 1.12. The standard InChI is InChI=1S/C5H15N5/c6-4-2-1-3-10(9)5(4,7)8/h4H,1-3,6-9H2. The molecule has 1 atom stereocenters. The lowest BCUT2D eigenvalue weighted by Crippen LogP contribution is -2.76. The van der Waals surface area contributed by atoms with Gasteiger partial charge in [0.2, 0.25) is 0 Å². The summed E-state index contributed by atoms with van der Waals surface area (Å²) in [5.74, 6) is 4.49. The van der Waals surface area contributed by atoms with Gasteiger partial charge in [-0.15, -0.1) is 0 Å². The maximum absolute atomic E-state index is 5.63. The van der Waals surface area contributed by atoms with Gasteiger partial charge in [0.25, 0.3) is 0 Å². The molecule has 0 bridgehead atoms. The van der Waals surface area contributed by atoms with Gasteiger partial charge in [-0.3, -0.25) is 17.3 Å². The molecular weight excluding hydrogens is 130 g/mol. The van der Waals surface area contributed by atoms with Crippen LogP contribution in [0.25, 0.3) is 0 Å². The molecule has 0 spiro atoms. The van der Waals surface area contributed by atoms with Crippen LogP contribution >= 0.6 is 0 Å². The van der Waals surface area contributed by atoms with Crippen molar-refractivity contribution in [3.05, 3.63) is 0 Å². The summed E-state index contributed by atoms with van der Waals surface area (Å²) in [5, 5.41) is 1.40. The quantitative estimate of drug-likeness (QED) is 0.230. The maximum atomic E-state index is 5.63. The summed E-state index contributed by atoms with van der Waals surface area (Å²) in [4.78, 5) is 0. The lowest BCUT2D eigenvalue weighted by molar-refractivity contribution is 0.0370. The molecule has 1 aliphatic rings. The minimum absolute atomic E-state index is 0.216. The number of nitrogens with two attached hydrogens (primary N) is 4. The van der Waals surface area contributed by atoms with Crippen molar-refractivity contribution >= 4 is 0 Å². The van der Waals surface area contributed by atoms with Crippen LogP contribution in [0.4, 0.5) is 0 Å². The third-order valence-electron chi connectivity index (χ3n) is 2.01. The molecule has 5 heteroatoms. The number of rotatable bonds is 0. The Morgan fingerprint density at radius 2 is 2.00 bits per heavy atom. The van der Waals surface area contributed by atoms with Crippen molar-refractivity contribution in [1.29, 1.82) is 0 Å². The van der Waals surface area contributed by atoms with Crippen molar-refractivity contribution in [2.75, 3.05) is 6.54 Å². The Labute approximate surface area is 60.3 Å². The Morgan fingerprint density at radius 1 is 1.40 bits per heavy atom. The van der Waals surface area contributed by atoms with E-state index in [2.05, 4.69) is 0 Å². The third-order valence-corrected chi connectivity index (χ3v) is 2.01. The van der Waals surface area contributed by atoms with Crippen LogP contribution in [0.2, 0.25) is 0 Å². The van der Waals surface area contributed by atoms with Crippen LogP contribution in [0.5, 0.6) is 0 Å². The van der Waals surface area contributed by atoms with E-state index in [1.165, 1.54) is 5.01 Å². The van der Waals surface area contributed by atoms with Gasteiger partial charge in [0.05, 0.1) is 6.04 Å². The van der Waals surface area contributed by atoms with Crippen LogP contribution in [0.15, 0.2) is 0 Å². The molecule has 5 nitrogen and oxygen atoms in total. The second kappa shape index (κ2) is 2.44. The highest BCUT2D eigenvalue weighted by molar-refractivity contribution is 4.90. The zero-order valence-electron chi connectivity index (χ0n) is 5.96. The van der Waals surface area contributed by atoms with Crippen molar-refractivity contribution in [2.24, 2.45) is 23.0 Å². The van der Waals surface area contributed by atoms with Gasteiger partial charge in [0.1, 0.15) is 5.79 Å². The Kier molecular flexibility index (Phi) is 1.93. The van der Waals surface area contributed by atoms with Crippen LogP contribution in [-0.2, 0) is 0 Å². The molecule has 0 aliphatic carbocycles. The molecular formula is C5H15N5. The number of piperidine rings is 1. The fraction of sp³-hybridized carbons (Fsp3) is 1.00. The fourth-order valence-corrected chi connectivity index (χ4v) is 1.12. The molecule has 1 fully saturated rings. The zero-order valence-corrected chi connectivity index (χ0v) is 5.96. The Balaban J connectivity index is 2.63. The summed E-state index contributed by atoms with van der Waals surface area (Å²) >= 11 is 0. The van der Waals surface area contributed by atoms with E-state index >= 15 is 0 Å². The van der Waals surface area contributed by atoms with Crippen LogP contribution in [-0.4, -0.2) is 23.4 Å². The van der Waals surface area contributed by atoms with Crippen molar-refractivity contribution in [3.63, 3.8) is 0 Å². The summed E-state index contributed by atoms with van der Waals surface area (Å²) in [6.07, 6.45) is 1.81. The van der Waals surface area contributed by atoms with Crippen molar-refractivity contribution in [3.8, 4) is 0 Å². The number of hydrogen-bond donors (Lipinski definition) is 4. The second-order valence-corrected chi connectivity index (χ2v) is 2.83. The molecule has 0 aromatic rings. The van der Waals surface area contributed by atoms with E-state index in [0.29, 0.717) is 0 Å². The van der Waals surface area contributed by atoms with Gasteiger partial charge in [-0.25, -0.2) is 5.01 Å². The Bertz CT molecular complexity index is 111. The van der Waals surface area contributed by atoms with E-state index in [4.69, 9.17) is 23.0 Å². The second-order valence-electron chi connectivity index (χ2n) is 2.83. The molecule has 60 valence electrons. The highest BCUT2D eigenvalue weighted by Gasteiger charge is 2.35.